The minimum absolute atomic E-state index is 0.0460. The minimum Gasteiger partial charge on any atom is -0.478 e. The van der Waals surface area contributed by atoms with E-state index in [1.807, 2.05) is 18.3 Å². The zero-order chi connectivity index (χ0) is 24.2. The summed E-state index contributed by atoms with van der Waals surface area (Å²) in [7, 11) is 0. The molecule has 0 saturated carbocycles. The predicted molar refractivity (Wildman–Crippen MR) is 122 cm³/mol. The number of benzene rings is 1. The number of ether oxygens (including phenoxy) is 1. The lowest BCUT2D eigenvalue weighted by Crippen LogP contribution is -2.66. The number of hydrogen-bond donors (Lipinski definition) is 6. The molecule has 0 bridgehead atoms. The van der Waals surface area contributed by atoms with Crippen molar-refractivity contribution in [1.82, 2.24) is 26.6 Å². The lowest BCUT2D eigenvalue weighted by Gasteiger charge is -2.32. The number of carbonyl (C=O) groups excluding carboxylic acids is 2. The maximum Gasteiger partial charge on any atom is 0.409 e. The number of nitrogens with zero attached hydrogens (tertiary/aromatic N) is 1. The standard InChI is InChI=1S/C22H30N6O6/c29-18(17-9-14-26-34-17)27-22(19(30)31,10-4-5-11-23-20-24-12-6-13-25-20)28-21(32)33-15-16-7-2-1-3-8-16/h1-3,6-8,12,14,17,20,23-25H,4-5,9-11,13,15H2,(H,27,29)(H,28,32)(H,30,31). The molecule has 12 heteroatoms. The minimum atomic E-state index is -2.07. The third-order valence-electron chi connectivity index (χ3n) is 5.25. The molecule has 1 aromatic carbocycles. The van der Waals surface area contributed by atoms with Gasteiger partial charge in [0, 0.05) is 25.6 Å². The van der Waals surface area contributed by atoms with E-state index >= 15 is 0 Å². The summed E-state index contributed by atoms with van der Waals surface area (Å²) in [6.45, 7) is 1.27. The van der Waals surface area contributed by atoms with E-state index in [-0.39, 0.29) is 25.7 Å². The highest BCUT2D eigenvalue weighted by Crippen LogP contribution is 2.16. The topological polar surface area (TPSA) is 162 Å². The second kappa shape index (κ2) is 12.6. The van der Waals surface area contributed by atoms with E-state index in [0.717, 1.165) is 12.1 Å². The van der Waals surface area contributed by atoms with Crippen LogP contribution in [0.1, 0.15) is 31.2 Å². The fourth-order valence-corrected chi connectivity index (χ4v) is 3.41. The van der Waals surface area contributed by atoms with Gasteiger partial charge in [-0.25, -0.2) is 9.59 Å². The molecule has 0 aromatic heterocycles. The van der Waals surface area contributed by atoms with Crippen molar-refractivity contribution in [2.75, 3.05) is 13.1 Å². The van der Waals surface area contributed by atoms with Gasteiger partial charge in [-0.2, -0.15) is 0 Å². The molecule has 2 amide bonds. The van der Waals surface area contributed by atoms with Crippen LogP contribution in [0.3, 0.4) is 0 Å². The lowest BCUT2D eigenvalue weighted by atomic mass is 10.0. The lowest BCUT2D eigenvalue weighted by molar-refractivity contribution is -0.151. The molecule has 6 N–H and O–H groups in total. The first kappa shape index (κ1) is 25.0. The maximum absolute atomic E-state index is 12.6. The summed E-state index contributed by atoms with van der Waals surface area (Å²) in [6.07, 6.45) is 4.34. The number of nitrogens with one attached hydrogen (secondary N) is 5. The summed E-state index contributed by atoms with van der Waals surface area (Å²) in [5.41, 5.74) is -1.33. The molecule has 2 aliphatic heterocycles. The van der Waals surface area contributed by atoms with Gasteiger partial charge in [0.15, 0.2) is 0 Å². The molecular formula is C22H30N6O6. The quantitative estimate of drug-likeness (QED) is 0.185. The van der Waals surface area contributed by atoms with E-state index in [1.54, 1.807) is 24.3 Å². The van der Waals surface area contributed by atoms with Crippen LogP contribution < -0.4 is 26.6 Å². The van der Waals surface area contributed by atoms with E-state index in [4.69, 9.17) is 9.57 Å². The van der Waals surface area contributed by atoms with Crippen molar-refractivity contribution in [3.8, 4) is 0 Å². The Hall–Kier alpha value is -3.64. The number of unbranched alkanes of at least 4 members (excludes halogenated alkanes) is 1. The van der Waals surface area contributed by atoms with E-state index in [2.05, 4.69) is 31.7 Å². The van der Waals surface area contributed by atoms with Gasteiger partial charge in [-0.1, -0.05) is 41.6 Å². The first-order chi connectivity index (χ1) is 16.5. The van der Waals surface area contributed by atoms with Gasteiger partial charge in [-0.15, -0.1) is 0 Å². The summed E-state index contributed by atoms with van der Waals surface area (Å²) in [4.78, 5) is 42.4. The maximum atomic E-state index is 12.6. The Morgan fingerprint density at radius 1 is 1.21 bits per heavy atom. The third kappa shape index (κ3) is 7.46. The summed E-state index contributed by atoms with van der Waals surface area (Å²) >= 11 is 0. The zero-order valence-electron chi connectivity index (χ0n) is 18.7. The van der Waals surface area contributed by atoms with Crippen LogP contribution in [0.25, 0.3) is 0 Å². The number of carboxylic acid groups (broad SMARTS) is 1. The molecule has 3 rings (SSSR count). The van der Waals surface area contributed by atoms with Crippen LogP contribution in [0.5, 0.6) is 0 Å². The van der Waals surface area contributed by atoms with Crippen molar-refractivity contribution in [2.45, 2.75) is 50.3 Å². The number of amides is 2. The number of aliphatic carboxylic acids is 1. The normalized spacial score (nSPS) is 20.5. The second-order valence-corrected chi connectivity index (χ2v) is 7.83. The summed E-state index contributed by atoms with van der Waals surface area (Å²) in [5.74, 6) is -2.10. The molecule has 184 valence electrons. The Balaban J connectivity index is 1.58. The van der Waals surface area contributed by atoms with Crippen LogP contribution in [-0.2, 0) is 25.8 Å². The molecule has 2 aliphatic rings. The van der Waals surface area contributed by atoms with Crippen molar-refractivity contribution >= 4 is 24.2 Å². The number of hydrogen-bond acceptors (Lipinski definition) is 9. The molecule has 0 saturated heterocycles. The molecule has 0 radical (unpaired) electrons. The summed E-state index contributed by atoms with van der Waals surface area (Å²) < 4.78 is 5.19. The van der Waals surface area contributed by atoms with E-state index in [0.29, 0.717) is 19.4 Å². The van der Waals surface area contributed by atoms with Gasteiger partial charge in [0.25, 0.3) is 5.91 Å². The summed E-state index contributed by atoms with van der Waals surface area (Å²) in [5, 5.41) is 27.9. The van der Waals surface area contributed by atoms with E-state index < -0.39 is 29.7 Å². The molecule has 0 aliphatic carbocycles. The number of carboxylic acids is 1. The van der Waals surface area contributed by atoms with Crippen LogP contribution >= 0.6 is 0 Å². The highest BCUT2D eigenvalue weighted by Gasteiger charge is 2.43. The Bertz CT molecular complexity index is 887. The monoisotopic (exact) mass is 474 g/mol. The first-order valence-corrected chi connectivity index (χ1v) is 11.1. The van der Waals surface area contributed by atoms with E-state index in [9.17, 15) is 19.5 Å². The molecule has 3 atom stereocenters. The highest BCUT2D eigenvalue weighted by atomic mass is 16.6. The SMILES string of the molecule is O=C(NC(CCCCNC1NC=CCN1)(NC(=O)C1CC=NO1)C(=O)O)OCc1ccccc1. The van der Waals surface area contributed by atoms with E-state index in [1.165, 1.54) is 6.21 Å². The van der Waals surface area contributed by atoms with Crippen molar-refractivity contribution < 1.29 is 29.1 Å². The smallest absolute Gasteiger partial charge is 0.409 e. The number of alkyl carbamates (subject to hydrolysis) is 1. The molecule has 0 fully saturated rings. The Morgan fingerprint density at radius 2 is 2.03 bits per heavy atom. The van der Waals surface area contributed by atoms with Crippen LogP contribution in [-0.4, -0.2) is 60.4 Å². The predicted octanol–water partition coefficient (Wildman–Crippen LogP) is 0.335. The third-order valence-corrected chi connectivity index (χ3v) is 5.25. The van der Waals surface area contributed by atoms with Gasteiger partial charge in [-0.05, 0) is 31.1 Å². The largest absolute Gasteiger partial charge is 0.478 e. The van der Waals surface area contributed by atoms with Crippen LogP contribution in [0.4, 0.5) is 4.79 Å². The van der Waals surface area contributed by atoms with Gasteiger partial charge in [0.05, 0.1) is 0 Å². The zero-order valence-corrected chi connectivity index (χ0v) is 18.7. The van der Waals surface area contributed by atoms with Gasteiger partial charge < -0.3 is 25.3 Å². The average Bonchev–Trinajstić information content (AvgIpc) is 3.39. The van der Waals surface area contributed by atoms with Crippen molar-refractivity contribution in [3.05, 3.63) is 48.2 Å². The van der Waals surface area contributed by atoms with Gasteiger partial charge in [0.2, 0.25) is 11.8 Å². The highest BCUT2D eigenvalue weighted by molar-refractivity contribution is 5.92. The van der Waals surface area contributed by atoms with Gasteiger partial charge >= 0.3 is 12.1 Å². The first-order valence-electron chi connectivity index (χ1n) is 11.1. The molecule has 3 unspecified atom stereocenters. The van der Waals surface area contributed by atoms with Crippen molar-refractivity contribution in [2.24, 2.45) is 5.16 Å². The molecule has 2 heterocycles. The second-order valence-electron chi connectivity index (χ2n) is 7.83. The van der Waals surface area contributed by atoms with Gasteiger partial charge in [-0.3, -0.25) is 20.7 Å². The number of carbonyl (C=O) groups is 3. The number of rotatable bonds is 12. The molecule has 12 nitrogen and oxygen atoms in total. The van der Waals surface area contributed by atoms with Gasteiger partial charge in [0.1, 0.15) is 12.9 Å². The fourth-order valence-electron chi connectivity index (χ4n) is 3.41. The Morgan fingerprint density at radius 3 is 2.71 bits per heavy atom. The molecule has 34 heavy (non-hydrogen) atoms. The van der Waals surface area contributed by atoms with Crippen LogP contribution in [0.15, 0.2) is 47.8 Å². The van der Waals surface area contributed by atoms with Crippen molar-refractivity contribution in [1.29, 1.82) is 0 Å². The number of oxime groups is 1. The molecular weight excluding hydrogens is 444 g/mol. The molecule has 0 spiro atoms. The van der Waals surface area contributed by atoms with Crippen LogP contribution in [0.2, 0.25) is 0 Å². The fraction of sp³-hybridized carbons (Fsp3) is 0.455. The van der Waals surface area contributed by atoms with Crippen molar-refractivity contribution in [3.63, 3.8) is 0 Å². The Kier molecular flexibility index (Phi) is 9.23. The van der Waals surface area contributed by atoms with Crippen LogP contribution in [0, 0.1) is 0 Å². The Labute approximate surface area is 197 Å². The average molecular weight is 475 g/mol. The molecule has 1 aromatic rings. The summed E-state index contributed by atoms with van der Waals surface area (Å²) in [6, 6.07) is 8.97.